The summed E-state index contributed by atoms with van der Waals surface area (Å²) >= 11 is 0. The summed E-state index contributed by atoms with van der Waals surface area (Å²) in [5, 5.41) is 2.34. The number of hydrogen-bond donors (Lipinski definition) is 0. The quantitative estimate of drug-likeness (QED) is 0.484. The molecule has 0 atom stereocenters. The van der Waals surface area contributed by atoms with Gasteiger partial charge in [-0.15, -0.1) is 6.58 Å². The number of pyridine rings is 1. The van der Waals surface area contributed by atoms with Crippen molar-refractivity contribution >= 4 is 21.8 Å². The Morgan fingerprint density at radius 1 is 1.00 bits per heavy atom. The van der Waals surface area contributed by atoms with Gasteiger partial charge in [0.15, 0.2) is 0 Å². The Balaban J connectivity index is 2.20. The highest BCUT2D eigenvalue weighted by atomic mass is 16.1. The second kappa shape index (κ2) is 6.34. The average Bonchev–Trinajstić information content (AvgIpc) is 2.95. The van der Waals surface area contributed by atoms with Gasteiger partial charge in [0.2, 0.25) is 0 Å². The Hall–Kier alpha value is -3.07. The van der Waals surface area contributed by atoms with Crippen LogP contribution < -0.4 is 5.56 Å². The molecule has 0 bridgehead atoms. The molecule has 3 heteroatoms. The standard InChI is InChI=1S/C23H22N2O/c1-4-9-18-22-17-12-15-21(26)25(5-2)19(17)13-14-20(22)24(3)23(18)16-10-7-6-8-11-16/h4,6-8,10-15H,1,5,9H2,2-3H3. The summed E-state index contributed by atoms with van der Waals surface area (Å²) in [5.74, 6) is 0. The van der Waals surface area contributed by atoms with Gasteiger partial charge in [-0.25, -0.2) is 0 Å². The van der Waals surface area contributed by atoms with Gasteiger partial charge in [-0.05, 0) is 42.7 Å². The van der Waals surface area contributed by atoms with Crippen LogP contribution in [0.2, 0.25) is 0 Å². The van der Waals surface area contributed by atoms with Crippen molar-refractivity contribution in [3.05, 3.63) is 83.2 Å². The molecule has 4 aromatic rings. The number of aromatic nitrogens is 2. The minimum atomic E-state index is 0.0452. The second-order valence-electron chi connectivity index (χ2n) is 6.55. The molecule has 0 spiro atoms. The predicted octanol–water partition coefficient (Wildman–Crippen LogP) is 4.91. The van der Waals surface area contributed by atoms with Crippen LogP contribution in [0.3, 0.4) is 0 Å². The number of fused-ring (bicyclic) bond motifs is 3. The zero-order chi connectivity index (χ0) is 18.3. The minimum absolute atomic E-state index is 0.0452. The largest absolute Gasteiger partial charge is 0.343 e. The molecule has 0 fully saturated rings. The molecule has 0 aliphatic carbocycles. The third kappa shape index (κ3) is 2.31. The van der Waals surface area contributed by atoms with E-state index in [-0.39, 0.29) is 5.56 Å². The van der Waals surface area contributed by atoms with Gasteiger partial charge in [0.05, 0.1) is 11.2 Å². The average molecular weight is 342 g/mol. The number of allylic oxidation sites excluding steroid dienone is 1. The van der Waals surface area contributed by atoms with Gasteiger partial charge in [-0.3, -0.25) is 4.79 Å². The SMILES string of the molecule is C=CCc1c(-c2ccccc2)n(C)c2ccc3c(ccc(=O)n3CC)c12. The third-order valence-electron chi connectivity index (χ3n) is 5.15. The van der Waals surface area contributed by atoms with Crippen molar-refractivity contribution in [2.45, 2.75) is 19.9 Å². The zero-order valence-electron chi connectivity index (χ0n) is 15.2. The molecule has 2 heterocycles. The highest BCUT2D eigenvalue weighted by Gasteiger charge is 2.18. The van der Waals surface area contributed by atoms with Gasteiger partial charge in [0, 0.05) is 35.9 Å². The van der Waals surface area contributed by atoms with E-state index in [1.165, 1.54) is 27.7 Å². The van der Waals surface area contributed by atoms with Crippen LogP contribution in [-0.2, 0) is 20.0 Å². The lowest BCUT2D eigenvalue weighted by Gasteiger charge is -2.09. The highest BCUT2D eigenvalue weighted by molar-refractivity contribution is 6.10. The fraction of sp³-hybridized carbons (Fsp3) is 0.174. The molecule has 0 aliphatic heterocycles. The van der Waals surface area contributed by atoms with E-state index < -0.39 is 0 Å². The van der Waals surface area contributed by atoms with Gasteiger partial charge in [-0.1, -0.05) is 36.4 Å². The van der Waals surface area contributed by atoms with Crippen LogP contribution in [0.4, 0.5) is 0 Å². The van der Waals surface area contributed by atoms with E-state index in [1.54, 1.807) is 6.07 Å². The zero-order valence-corrected chi connectivity index (χ0v) is 15.2. The molecule has 0 amide bonds. The van der Waals surface area contributed by atoms with Gasteiger partial charge in [-0.2, -0.15) is 0 Å². The Bertz CT molecular complexity index is 1180. The summed E-state index contributed by atoms with van der Waals surface area (Å²) in [6, 6.07) is 18.3. The summed E-state index contributed by atoms with van der Waals surface area (Å²) in [6.45, 7) is 6.64. The van der Waals surface area contributed by atoms with E-state index in [2.05, 4.69) is 54.6 Å². The van der Waals surface area contributed by atoms with Crippen molar-refractivity contribution < 1.29 is 0 Å². The van der Waals surface area contributed by atoms with Crippen LogP contribution >= 0.6 is 0 Å². The molecular formula is C23H22N2O. The van der Waals surface area contributed by atoms with Crippen LogP contribution in [0.1, 0.15) is 12.5 Å². The first-order valence-corrected chi connectivity index (χ1v) is 8.97. The topological polar surface area (TPSA) is 26.9 Å². The molecule has 0 aliphatic rings. The van der Waals surface area contributed by atoms with Crippen molar-refractivity contribution in [1.29, 1.82) is 0 Å². The third-order valence-corrected chi connectivity index (χ3v) is 5.15. The number of hydrogen-bond acceptors (Lipinski definition) is 1. The van der Waals surface area contributed by atoms with Crippen LogP contribution in [0.5, 0.6) is 0 Å². The summed E-state index contributed by atoms with van der Waals surface area (Å²) in [4.78, 5) is 12.2. The number of benzene rings is 2. The van der Waals surface area contributed by atoms with Crippen molar-refractivity contribution in [2.75, 3.05) is 0 Å². The lowest BCUT2D eigenvalue weighted by molar-refractivity contribution is 0.760. The smallest absolute Gasteiger partial charge is 0.251 e. The lowest BCUT2D eigenvalue weighted by Crippen LogP contribution is -2.17. The maximum absolute atomic E-state index is 12.2. The van der Waals surface area contributed by atoms with Gasteiger partial charge in [0.1, 0.15) is 0 Å². The van der Waals surface area contributed by atoms with Crippen molar-refractivity contribution in [1.82, 2.24) is 9.13 Å². The summed E-state index contributed by atoms with van der Waals surface area (Å²) in [5.41, 5.74) is 5.87. The fourth-order valence-electron chi connectivity index (χ4n) is 4.04. The Labute approximate surface area is 152 Å². The molecule has 3 nitrogen and oxygen atoms in total. The molecule has 26 heavy (non-hydrogen) atoms. The van der Waals surface area contributed by atoms with Crippen LogP contribution in [-0.4, -0.2) is 9.13 Å². The Morgan fingerprint density at radius 2 is 1.73 bits per heavy atom. The molecular weight excluding hydrogens is 320 g/mol. The van der Waals surface area contributed by atoms with Crippen molar-refractivity contribution in [3.8, 4) is 11.3 Å². The molecule has 0 N–H and O–H groups in total. The van der Waals surface area contributed by atoms with E-state index in [0.29, 0.717) is 6.54 Å². The molecule has 2 aromatic carbocycles. The molecule has 0 unspecified atom stereocenters. The highest BCUT2D eigenvalue weighted by Crippen LogP contribution is 2.37. The van der Waals surface area contributed by atoms with E-state index in [9.17, 15) is 4.79 Å². The maximum atomic E-state index is 12.2. The van der Waals surface area contributed by atoms with Gasteiger partial charge in [0.25, 0.3) is 5.56 Å². The van der Waals surface area contributed by atoms with E-state index in [1.807, 2.05) is 29.7 Å². The fourth-order valence-corrected chi connectivity index (χ4v) is 4.04. The van der Waals surface area contributed by atoms with Gasteiger partial charge >= 0.3 is 0 Å². The lowest BCUT2D eigenvalue weighted by atomic mass is 10.00. The monoisotopic (exact) mass is 342 g/mol. The van der Waals surface area contributed by atoms with Crippen LogP contribution in [0.15, 0.2) is 72.0 Å². The molecule has 4 rings (SSSR count). The predicted molar refractivity (Wildman–Crippen MR) is 110 cm³/mol. The number of nitrogens with zero attached hydrogens (tertiary/aromatic N) is 2. The van der Waals surface area contributed by atoms with E-state index in [4.69, 9.17) is 0 Å². The molecule has 130 valence electrons. The molecule has 2 aromatic heterocycles. The van der Waals surface area contributed by atoms with E-state index in [0.717, 1.165) is 17.3 Å². The van der Waals surface area contributed by atoms with Crippen molar-refractivity contribution in [3.63, 3.8) is 0 Å². The molecule has 0 radical (unpaired) electrons. The van der Waals surface area contributed by atoms with Gasteiger partial charge < -0.3 is 9.13 Å². The minimum Gasteiger partial charge on any atom is -0.343 e. The van der Waals surface area contributed by atoms with E-state index >= 15 is 0 Å². The summed E-state index contributed by atoms with van der Waals surface area (Å²) in [6.07, 6.45) is 2.74. The number of rotatable bonds is 4. The first-order chi connectivity index (χ1) is 12.7. The molecule has 0 saturated carbocycles. The first-order valence-electron chi connectivity index (χ1n) is 8.97. The van der Waals surface area contributed by atoms with Crippen LogP contribution in [0.25, 0.3) is 33.1 Å². The Kier molecular flexibility index (Phi) is 4.00. The Morgan fingerprint density at radius 3 is 2.42 bits per heavy atom. The van der Waals surface area contributed by atoms with Crippen molar-refractivity contribution in [2.24, 2.45) is 7.05 Å². The number of aryl methyl sites for hydroxylation is 2. The first kappa shape index (κ1) is 16.4. The second-order valence-corrected chi connectivity index (χ2v) is 6.55. The summed E-state index contributed by atoms with van der Waals surface area (Å²) < 4.78 is 4.09. The normalized spacial score (nSPS) is 11.3. The summed E-state index contributed by atoms with van der Waals surface area (Å²) in [7, 11) is 2.11. The molecule has 0 saturated heterocycles. The van der Waals surface area contributed by atoms with Crippen LogP contribution in [0, 0.1) is 0 Å². The maximum Gasteiger partial charge on any atom is 0.251 e.